The van der Waals surface area contributed by atoms with E-state index in [0.29, 0.717) is 13.1 Å². The number of imide groups is 1. The van der Waals surface area contributed by atoms with Crippen molar-refractivity contribution >= 4 is 38.5 Å². The number of piperazine rings is 1. The van der Waals surface area contributed by atoms with Crippen LogP contribution in [-0.4, -0.2) is 58.8 Å². The van der Waals surface area contributed by atoms with Crippen molar-refractivity contribution in [1.29, 1.82) is 0 Å². The second kappa shape index (κ2) is 7.77. The molecule has 30 heavy (non-hydrogen) atoms. The average molecular weight is 425 g/mol. The molecule has 2 aromatic carbocycles. The van der Waals surface area contributed by atoms with Gasteiger partial charge in [0, 0.05) is 26.2 Å². The number of halogens is 1. The SMILES string of the molecule is O=C1C[C@H](N2CCN(c3nc4ccccc4s3)CC2)C(=O)N1Cc1ccc(F)cc1. The lowest BCUT2D eigenvalue weighted by Gasteiger charge is -2.36. The summed E-state index contributed by atoms with van der Waals surface area (Å²) in [5.41, 5.74) is 1.76. The summed E-state index contributed by atoms with van der Waals surface area (Å²) in [5, 5.41) is 1.00. The number of para-hydroxylation sites is 1. The molecular weight excluding hydrogens is 403 g/mol. The van der Waals surface area contributed by atoms with Gasteiger partial charge in [-0.1, -0.05) is 35.6 Å². The molecule has 0 radical (unpaired) electrons. The zero-order valence-corrected chi connectivity index (χ0v) is 17.1. The molecule has 154 valence electrons. The third-order valence-electron chi connectivity index (χ3n) is 5.78. The number of benzene rings is 2. The van der Waals surface area contributed by atoms with Gasteiger partial charge in [-0.2, -0.15) is 0 Å². The van der Waals surface area contributed by atoms with Crippen LogP contribution < -0.4 is 4.90 Å². The number of hydrogen-bond acceptors (Lipinski definition) is 6. The minimum Gasteiger partial charge on any atom is -0.345 e. The predicted octanol–water partition coefficient (Wildman–Crippen LogP) is 2.89. The van der Waals surface area contributed by atoms with Crippen LogP contribution in [0.25, 0.3) is 10.2 Å². The first kappa shape index (κ1) is 19.1. The lowest BCUT2D eigenvalue weighted by atomic mass is 10.2. The van der Waals surface area contributed by atoms with E-state index in [2.05, 4.69) is 15.9 Å². The third kappa shape index (κ3) is 3.57. The van der Waals surface area contributed by atoms with Crippen LogP contribution in [0.5, 0.6) is 0 Å². The Hall–Kier alpha value is -2.84. The van der Waals surface area contributed by atoms with Gasteiger partial charge >= 0.3 is 0 Å². The van der Waals surface area contributed by atoms with Crippen LogP contribution in [0.2, 0.25) is 0 Å². The molecule has 8 heteroatoms. The van der Waals surface area contributed by atoms with Gasteiger partial charge in [0.05, 0.1) is 29.2 Å². The smallest absolute Gasteiger partial charge is 0.247 e. The molecule has 0 unspecified atom stereocenters. The average Bonchev–Trinajstić information content (AvgIpc) is 3.32. The Morgan fingerprint density at radius 1 is 1.00 bits per heavy atom. The molecule has 0 spiro atoms. The van der Waals surface area contributed by atoms with Crippen LogP contribution in [0, 0.1) is 5.82 Å². The number of carbonyl (C=O) groups is 2. The molecule has 2 aliphatic rings. The summed E-state index contributed by atoms with van der Waals surface area (Å²) in [4.78, 5) is 35.8. The van der Waals surface area contributed by atoms with Crippen LogP contribution in [0.15, 0.2) is 48.5 Å². The Balaban J connectivity index is 1.23. The van der Waals surface area contributed by atoms with Crippen molar-refractivity contribution in [2.24, 2.45) is 0 Å². The van der Waals surface area contributed by atoms with Crippen molar-refractivity contribution in [3.05, 3.63) is 59.9 Å². The van der Waals surface area contributed by atoms with Crippen molar-refractivity contribution in [2.45, 2.75) is 19.0 Å². The lowest BCUT2D eigenvalue weighted by molar-refractivity contribution is -0.140. The Kier molecular flexibility index (Phi) is 4.96. The summed E-state index contributed by atoms with van der Waals surface area (Å²) in [6.07, 6.45) is 0.209. The van der Waals surface area contributed by atoms with E-state index in [9.17, 15) is 14.0 Å². The van der Waals surface area contributed by atoms with Crippen LogP contribution >= 0.6 is 11.3 Å². The van der Waals surface area contributed by atoms with Gasteiger partial charge in [0.15, 0.2) is 5.13 Å². The van der Waals surface area contributed by atoms with Gasteiger partial charge in [0.2, 0.25) is 11.8 Å². The van der Waals surface area contributed by atoms with Crippen molar-refractivity contribution in [3.8, 4) is 0 Å². The Morgan fingerprint density at radius 3 is 2.47 bits per heavy atom. The van der Waals surface area contributed by atoms with Gasteiger partial charge in [0.25, 0.3) is 0 Å². The number of likely N-dealkylation sites (tertiary alicyclic amines) is 1. The molecule has 3 heterocycles. The van der Waals surface area contributed by atoms with Gasteiger partial charge < -0.3 is 4.90 Å². The highest BCUT2D eigenvalue weighted by atomic mass is 32.1. The highest BCUT2D eigenvalue weighted by molar-refractivity contribution is 7.22. The first-order valence-corrected chi connectivity index (χ1v) is 10.8. The van der Waals surface area contributed by atoms with E-state index in [-0.39, 0.29) is 30.6 Å². The zero-order chi connectivity index (χ0) is 20.7. The van der Waals surface area contributed by atoms with E-state index >= 15 is 0 Å². The fraction of sp³-hybridized carbons (Fsp3) is 0.318. The summed E-state index contributed by atoms with van der Waals surface area (Å²) >= 11 is 1.68. The minimum atomic E-state index is -0.407. The van der Waals surface area contributed by atoms with E-state index in [1.165, 1.54) is 21.7 Å². The number of nitrogens with zero attached hydrogens (tertiary/aromatic N) is 4. The summed E-state index contributed by atoms with van der Waals surface area (Å²) in [6, 6.07) is 13.6. The third-order valence-corrected chi connectivity index (χ3v) is 6.88. The fourth-order valence-electron chi connectivity index (χ4n) is 4.11. The molecular formula is C22H21FN4O2S. The molecule has 6 nitrogen and oxygen atoms in total. The van der Waals surface area contributed by atoms with Gasteiger partial charge in [0.1, 0.15) is 5.82 Å². The zero-order valence-electron chi connectivity index (χ0n) is 16.3. The molecule has 2 amide bonds. The van der Waals surface area contributed by atoms with Crippen molar-refractivity contribution in [1.82, 2.24) is 14.8 Å². The Morgan fingerprint density at radius 2 is 1.73 bits per heavy atom. The van der Waals surface area contributed by atoms with E-state index < -0.39 is 6.04 Å². The standard InChI is InChI=1S/C22H21FN4O2S/c23-16-7-5-15(6-8-16)14-27-20(28)13-18(21(27)29)25-9-11-26(12-10-25)22-24-17-3-1-2-4-19(17)30-22/h1-8,18H,9-14H2/t18-/m0/s1. The van der Waals surface area contributed by atoms with Crippen LogP contribution in [0.4, 0.5) is 9.52 Å². The number of fused-ring (bicyclic) bond motifs is 1. The maximum absolute atomic E-state index is 13.1. The minimum absolute atomic E-state index is 0.155. The van der Waals surface area contributed by atoms with Crippen molar-refractivity contribution < 1.29 is 14.0 Å². The summed E-state index contributed by atoms with van der Waals surface area (Å²) in [5.74, 6) is -0.651. The molecule has 0 bridgehead atoms. The molecule has 3 aromatic rings. The van der Waals surface area contributed by atoms with Crippen LogP contribution in [0.1, 0.15) is 12.0 Å². The van der Waals surface area contributed by atoms with E-state index in [4.69, 9.17) is 4.98 Å². The monoisotopic (exact) mass is 424 g/mol. The number of hydrogen-bond donors (Lipinski definition) is 0. The molecule has 0 aliphatic carbocycles. The summed E-state index contributed by atoms with van der Waals surface area (Å²) in [6.45, 7) is 3.17. The van der Waals surface area contributed by atoms with Crippen LogP contribution in [-0.2, 0) is 16.1 Å². The number of amides is 2. The van der Waals surface area contributed by atoms with Gasteiger partial charge in [-0.25, -0.2) is 9.37 Å². The Bertz CT molecular complexity index is 1060. The highest BCUT2D eigenvalue weighted by Gasteiger charge is 2.42. The molecule has 1 aromatic heterocycles. The fourth-order valence-corrected chi connectivity index (χ4v) is 5.13. The number of thiazole rings is 1. The van der Waals surface area contributed by atoms with Crippen LogP contribution in [0.3, 0.4) is 0 Å². The molecule has 0 saturated carbocycles. The summed E-state index contributed by atoms with van der Waals surface area (Å²) < 4.78 is 14.3. The quantitative estimate of drug-likeness (QED) is 0.603. The van der Waals surface area contributed by atoms with Gasteiger partial charge in [-0.3, -0.25) is 19.4 Å². The van der Waals surface area contributed by atoms with Crippen molar-refractivity contribution in [2.75, 3.05) is 31.1 Å². The van der Waals surface area contributed by atoms with E-state index in [0.717, 1.165) is 29.3 Å². The summed E-state index contributed by atoms with van der Waals surface area (Å²) in [7, 11) is 0. The molecule has 0 N–H and O–H groups in total. The molecule has 2 fully saturated rings. The Labute approximate surface area is 177 Å². The maximum Gasteiger partial charge on any atom is 0.247 e. The molecule has 5 rings (SSSR count). The second-order valence-electron chi connectivity index (χ2n) is 7.65. The van der Waals surface area contributed by atoms with Gasteiger partial charge in [-0.05, 0) is 29.8 Å². The molecule has 1 atom stereocenters. The second-order valence-corrected chi connectivity index (χ2v) is 8.66. The maximum atomic E-state index is 13.1. The predicted molar refractivity (Wildman–Crippen MR) is 114 cm³/mol. The normalized spacial score (nSPS) is 20.5. The number of aromatic nitrogens is 1. The van der Waals surface area contributed by atoms with Gasteiger partial charge in [-0.15, -0.1) is 0 Å². The number of carbonyl (C=O) groups excluding carboxylic acids is 2. The number of rotatable bonds is 4. The highest BCUT2D eigenvalue weighted by Crippen LogP contribution is 2.30. The molecule has 2 saturated heterocycles. The topological polar surface area (TPSA) is 56.8 Å². The lowest BCUT2D eigenvalue weighted by Crippen LogP contribution is -2.52. The molecule has 2 aliphatic heterocycles. The largest absolute Gasteiger partial charge is 0.345 e. The van der Waals surface area contributed by atoms with Crippen molar-refractivity contribution in [3.63, 3.8) is 0 Å². The van der Waals surface area contributed by atoms with E-state index in [1.807, 2.05) is 18.2 Å². The first-order chi connectivity index (χ1) is 14.6. The first-order valence-electron chi connectivity index (χ1n) is 10.0. The van der Waals surface area contributed by atoms with E-state index in [1.54, 1.807) is 23.5 Å². The number of anilines is 1.